The van der Waals surface area contributed by atoms with Crippen LogP contribution in [-0.4, -0.2) is 12.6 Å². The van der Waals surface area contributed by atoms with Crippen molar-refractivity contribution in [1.29, 1.82) is 0 Å². The molecule has 0 bridgehead atoms. The van der Waals surface area contributed by atoms with Crippen molar-refractivity contribution in [3.05, 3.63) is 121 Å². The molecule has 168 valence electrons. The largest absolute Gasteiger partial charge is 0.455 e. The summed E-state index contributed by atoms with van der Waals surface area (Å²) in [5.41, 5.74) is 0. The minimum atomic E-state index is -0.427. The highest BCUT2D eigenvalue weighted by Crippen LogP contribution is 2.22. The van der Waals surface area contributed by atoms with Gasteiger partial charge < -0.3 is 18.9 Å². The Hall–Kier alpha value is -3.92. The lowest BCUT2D eigenvalue weighted by Gasteiger charge is -2.23. The number of benzene rings is 4. The van der Waals surface area contributed by atoms with Gasteiger partial charge in [0.25, 0.3) is 0 Å². The van der Waals surface area contributed by atoms with E-state index in [1.165, 1.54) is 0 Å². The van der Waals surface area contributed by atoms with E-state index >= 15 is 0 Å². The van der Waals surface area contributed by atoms with Crippen LogP contribution in [0.1, 0.15) is 19.3 Å². The number of ether oxygens (including phenoxy) is 4. The molecule has 4 aromatic rings. The molecule has 4 heteroatoms. The molecule has 0 unspecified atom stereocenters. The summed E-state index contributed by atoms with van der Waals surface area (Å²) in [7, 11) is 0. The van der Waals surface area contributed by atoms with Crippen molar-refractivity contribution in [2.45, 2.75) is 31.8 Å². The molecule has 0 amide bonds. The maximum atomic E-state index is 6.13. The summed E-state index contributed by atoms with van der Waals surface area (Å²) >= 11 is 0. The van der Waals surface area contributed by atoms with E-state index in [0.717, 1.165) is 29.4 Å². The van der Waals surface area contributed by atoms with Gasteiger partial charge in [0.1, 0.15) is 23.0 Å². The van der Waals surface area contributed by atoms with Crippen LogP contribution in [0.4, 0.5) is 0 Å². The maximum Gasteiger partial charge on any atom is 0.241 e. The van der Waals surface area contributed by atoms with E-state index in [0.29, 0.717) is 12.8 Å². The van der Waals surface area contributed by atoms with Crippen LogP contribution < -0.4 is 18.9 Å². The monoisotopic (exact) mass is 440 g/mol. The predicted molar refractivity (Wildman–Crippen MR) is 130 cm³/mol. The second-order valence-electron chi connectivity index (χ2n) is 7.51. The van der Waals surface area contributed by atoms with Crippen LogP contribution in [-0.2, 0) is 0 Å². The van der Waals surface area contributed by atoms with Gasteiger partial charge in [0.05, 0.1) is 0 Å². The van der Waals surface area contributed by atoms with Crippen LogP contribution in [0.15, 0.2) is 121 Å². The molecule has 0 saturated heterocycles. The highest BCUT2D eigenvalue weighted by molar-refractivity contribution is 5.24. The standard InChI is InChI=1S/C29H28O4/c1-5-14-24(15-6-1)30-28(31-25-16-7-2-8-17-25)22-13-23-29(32-26-18-9-3-10-19-26)33-27-20-11-4-12-21-27/h1-12,14-21,28-29H,13,22-23H2. The van der Waals surface area contributed by atoms with Gasteiger partial charge >= 0.3 is 0 Å². The van der Waals surface area contributed by atoms with E-state index < -0.39 is 12.6 Å². The Kier molecular flexibility index (Phi) is 8.24. The Labute approximate surface area is 195 Å². The van der Waals surface area contributed by atoms with Gasteiger partial charge in [0, 0.05) is 12.8 Å². The number of hydrogen-bond donors (Lipinski definition) is 0. The zero-order chi connectivity index (χ0) is 22.6. The lowest BCUT2D eigenvalue weighted by Crippen LogP contribution is -2.27. The summed E-state index contributed by atoms with van der Waals surface area (Å²) in [4.78, 5) is 0. The maximum absolute atomic E-state index is 6.13. The highest BCUT2D eigenvalue weighted by atomic mass is 16.7. The first-order chi connectivity index (χ1) is 16.3. The molecule has 0 spiro atoms. The average molecular weight is 441 g/mol. The summed E-state index contributed by atoms with van der Waals surface area (Å²) in [6.45, 7) is 0. The Balaban J connectivity index is 1.40. The Bertz CT molecular complexity index is 870. The molecular weight excluding hydrogens is 412 g/mol. The molecule has 0 aliphatic carbocycles. The topological polar surface area (TPSA) is 36.9 Å². The van der Waals surface area contributed by atoms with Crippen molar-refractivity contribution in [2.24, 2.45) is 0 Å². The molecule has 0 aliphatic rings. The average Bonchev–Trinajstić information content (AvgIpc) is 2.86. The van der Waals surface area contributed by atoms with Gasteiger partial charge in [-0.25, -0.2) is 0 Å². The first-order valence-corrected chi connectivity index (χ1v) is 11.2. The molecule has 0 aromatic heterocycles. The zero-order valence-electron chi connectivity index (χ0n) is 18.5. The molecule has 4 nitrogen and oxygen atoms in total. The van der Waals surface area contributed by atoms with Gasteiger partial charge in [-0.15, -0.1) is 0 Å². The van der Waals surface area contributed by atoms with E-state index in [4.69, 9.17) is 18.9 Å². The van der Waals surface area contributed by atoms with E-state index in [-0.39, 0.29) is 0 Å². The van der Waals surface area contributed by atoms with Crippen molar-refractivity contribution in [3.8, 4) is 23.0 Å². The third kappa shape index (κ3) is 7.62. The van der Waals surface area contributed by atoms with Crippen molar-refractivity contribution < 1.29 is 18.9 Å². The normalized spacial score (nSPS) is 10.7. The van der Waals surface area contributed by atoms with Crippen LogP contribution in [0.2, 0.25) is 0 Å². The van der Waals surface area contributed by atoms with E-state index in [2.05, 4.69) is 0 Å². The van der Waals surface area contributed by atoms with Gasteiger partial charge in [-0.2, -0.15) is 0 Å². The van der Waals surface area contributed by atoms with Crippen LogP contribution in [0.3, 0.4) is 0 Å². The van der Waals surface area contributed by atoms with Crippen LogP contribution in [0.5, 0.6) is 23.0 Å². The summed E-state index contributed by atoms with van der Waals surface area (Å²) in [6, 6.07) is 38.9. The molecule has 0 aliphatic heterocycles. The van der Waals surface area contributed by atoms with E-state index in [9.17, 15) is 0 Å². The fourth-order valence-corrected chi connectivity index (χ4v) is 3.34. The number of rotatable bonds is 12. The van der Waals surface area contributed by atoms with Crippen LogP contribution >= 0.6 is 0 Å². The molecule has 4 rings (SSSR count). The lowest BCUT2D eigenvalue weighted by molar-refractivity contribution is -0.0233. The summed E-state index contributed by atoms with van der Waals surface area (Å²) in [5.74, 6) is 3.10. The van der Waals surface area contributed by atoms with Crippen LogP contribution in [0, 0.1) is 0 Å². The second-order valence-corrected chi connectivity index (χ2v) is 7.51. The van der Waals surface area contributed by atoms with Gasteiger partial charge in [-0.05, 0) is 55.0 Å². The van der Waals surface area contributed by atoms with E-state index in [1.54, 1.807) is 0 Å². The quantitative estimate of drug-likeness (QED) is 0.220. The highest BCUT2D eigenvalue weighted by Gasteiger charge is 2.17. The van der Waals surface area contributed by atoms with E-state index in [1.807, 2.05) is 121 Å². The van der Waals surface area contributed by atoms with Crippen molar-refractivity contribution in [2.75, 3.05) is 0 Å². The third-order valence-electron chi connectivity index (χ3n) is 4.92. The SMILES string of the molecule is c1ccc(OC(CCCC(Oc2ccccc2)Oc2ccccc2)Oc2ccccc2)cc1. The molecule has 0 N–H and O–H groups in total. The minimum Gasteiger partial charge on any atom is -0.455 e. The van der Waals surface area contributed by atoms with Gasteiger partial charge in [0.2, 0.25) is 12.6 Å². The minimum absolute atomic E-state index is 0.427. The molecule has 0 radical (unpaired) electrons. The van der Waals surface area contributed by atoms with Gasteiger partial charge in [-0.1, -0.05) is 72.8 Å². The molecule has 4 aromatic carbocycles. The van der Waals surface area contributed by atoms with Crippen molar-refractivity contribution in [1.82, 2.24) is 0 Å². The molecule has 33 heavy (non-hydrogen) atoms. The van der Waals surface area contributed by atoms with Gasteiger partial charge in [-0.3, -0.25) is 0 Å². The van der Waals surface area contributed by atoms with Crippen molar-refractivity contribution in [3.63, 3.8) is 0 Å². The van der Waals surface area contributed by atoms with Crippen LogP contribution in [0.25, 0.3) is 0 Å². The van der Waals surface area contributed by atoms with Crippen molar-refractivity contribution >= 4 is 0 Å². The third-order valence-corrected chi connectivity index (χ3v) is 4.92. The molecule has 0 saturated carbocycles. The number of para-hydroxylation sites is 4. The zero-order valence-corrected chi connectivity index (χ0v) is 18.5. The first kappa shape index (κ1) is 22.3. The Morgan fingerprint density at radius 3 is 0.848 bits per heavy atom. The second kappa shape index (κ2) is 12.2. The summed E-state index contributed by atoms with van der Waals surface area (Å²) in [6.07, 6.45) is 1.29. The first-order valence-electron chi connectivity index (χ1n) is 11.2. The van der Waals surface area contributed by atoms with Gasteiger partial charge in [0.15, 0.2) is 0 Å². The molecule has 0 fully saturated rings. The Morgan fingerprint density at radius 2 is 0.606 bits per heavy atom. The Morgan fingerprint density at radius 1 is 0.364 bits per heavy atom. The lowest BCUT2D eigenvalue weighted by atomic mass is 10.2. The molecule has 0 heterocycles. The summed E-state index contributed by atoms with van der Waals surface area (Å²) < 4.78 is 24.5. The fraction of sp³-hybridized carbons (Fsp3) is 0.172. The smallest absolute Gasteiger partial charge is 0.241 e. The summed E-state index contributed by atoms with van der Waals surface area (Å²) in [5, 5.41) is 0. The number of hydrogen-bond acceptors (Lipinski definition) is 4. The molecule has 0 atom stereocenters. The predicted octanol–water partition coefficient (Wildman–Crippen LogP) is 7.12. The molecular formula is C29H28O4. The fourth-order valence-electron chi connectivity index (χ4n) is 3.34.